The molecule has 0 saturated heterocycles. The summed E-state index contributed by atoms with van der Waals surface area (Å²) in [6.45, 7) is 0.0537. The lowest BCUT2D eigenvalue weighted by atomic mass is 10.2. The Bertz CT molecular complexity index is 705. The molecule has 0 aliphatic carbocycles. The number of benzene rings is 2. The van der Waals surface area contributed by atoms with Gasteiger partial charge in [-0.15, -0.1) is 0 Å². The van der Waals surface area contributed by atoms with Gasteiger partial charge in [0.05, 0.1) is 10.5 Å². The van der Waals surface area contributed by atoms with E-state index in [0.717, 1.165) is 5.56 Å². The SMILES string of the molecule is O=C(OCc1cccc(Cl)c1)c1cc([N+](=O)[O-])ccc1I. The number of non-ortho nitro benzene ring substituents is 1. The van der Waals surface area contributed by atoms with Crippen LogP contribution < -0.4 is 0 Å². The average molecular weight is 418 g/mol. The number of nitro groups is 1. The fraction of sp³-hybridized carbons (Fsp3) is 0.0714. The number of halogens is 2. The van der Waals surface area contributed by atoms with Crippen molar-refractivity contribution in [3.8, 4) is 0 Å². The summed E-state index contributed by atoms with van der Waals surface area (Å²) in [4.78, 5) is 22.2. The second-order valence-corrected chi connectivity index (χ2v) is 5.73. The van der Waals surface area contributed by atoms with Gasteiger partial charge in [-0.1, -0.05) is 23.7 Å². The van der Waals surface area contributed by atoms with Gasteiger partial charge in [0.1, 0.15) is 6.61 Å². The summed E-state index contributed by atoms with van der Waals surface area (Å²) >= 11 is 7.77. The fourth-order valence-corrected chi connectivity index (χ4v) is 2.41. The Morgan fingerprint density at radius 2 is 2.05 bits per heavy atom. The first-order chi connectivity index (χ1) is 9.97. The zero-order valence-corrected chi connectivity index (χ0v) is 13.5. The summed E-state index contributed by atoms with van der Waals surface area (Å²) < 4.78 is 5.75. The first kappa shape index (κ1) is 15.7. The number of nitro benzene ring substituents is 1. The number of ether oxygens (including phenoxy) is 1. The van der Waals surface area contributed by atoms with E-state index in [9.17, 15) is 14.9 Å². The standard InChI is InChI=1S/C14H9ClINO4/c15-10-3-1-2-9(6-10)8-21-14(18)12-7-11(17(19)20)4-5-13(12)16/h1-7H,8H2. The molecule has 108 valence electrons. The number of nitrogens with zero attached hydrogens (tertiary/aromatic N) is 1. The molecule has 0 N–H and O–H groups in total. The van der Waals surface area contributed by atoms with Crippen LogP contribution in [-0.4, -0.2) is 10.9 Å². The summed E-state index contributed by atoms with van der Waals surface area (Å²) in [6, 6.07) is 11.0. The van der Waals surface area contributed by atoms with Crippen LogP contribution in [0.3, 0.4) is 0 Å². The normalized spacial score (nSPS) is 10.2. The molecule has 0 bridgehead atoms. The maximum atomic E-state index is 12.0. The maximum Gasteiger partial charge on any atom is 0.339 e. The van der Waals surface area contributed by atoms with Crippen molar-refractivity contribution in [1.82, 2.24) is 0 Å². The molecule has 7 heteroatoms. The van der Waals surface area contributed by atoms with E-state index in [4.69, 9.17) is 16.3 Å². The van der Waals surface area contributed by atoms with E-state index in [0.29, 0.717) is 8.59 Å². The molecule has 0 amide bonds. The predicted molar refractivity (Wildman–Crippen MR) is 86.4 cm³/mol. The highest BCUT2D eigenvalue weighted by molar-refractivity contribution is 14.1. The maximum absolute atomic E-state index is 12.0. The highest BCUT2D eigenvalue weighted by Crippen LogP contribution is 2.21. The van der Waals surface area contributed by atoms with E-state index in [1.165, 1.54) is 18.2 Å². The van der Waals surface area contributed by atoms with Crippen LogP contribution in [0, 0.1) is 13.7 Å². The Morgan fingerprint density at radius 3 is 2.71 bits per heavy atom. The van der Waals surface area contributed by atoms with E-state index in [1.807, 2.05) is 22.6 Å². The Balaban J connectivity index is 2.13. The molecule has 0 aliphatic rings. The van der Waals surface area contributed by atoms with Gasteiger partial charge >= 0.3 is 5.97 Å². The van der Waals surface area contributed by atoms with Gasteiger partial charge in [-0.2, -0.15) is 0 Å². The topological polar surface area (TPSA) is 69.4 Å². The third-order valence-electron chi connectivity index (χ3n) is 2.64. The van der Waals surface area contributed by atoms with Crippen LogP contribution in [0.1, 0.15) is 15.9 Å². The van der Waals surface area contributed by atoms with Crippen molar-refractivity contribution in [2.24, 2.45) is 0 Å². The predicted octanol–water partition coefficient (Wildman–Crippen LogP) is 4.21. The van der Waals surface area contributed by atoms with Crippen LogP contribution in [0.4, 0.5) is 5.69 Å². The van der Waals surface area contributed by atoms with E-state index in [-0.39, 0.29) is 17.9 Å². The largest absolute Gasteiger partial charge is 0.457 e. The summed E-state index contributed by atoms with van der Waals surface area (Å²) in [5, 5.41) is 11.3. The molecule has 0 spiro atoms. The lowest BCUT2D eigenvalue weighted by Gasteiger charge is -2.07. The van der Waals surface area contributed by atoms with Crippen LogP contribution in [0.15, 0.2) is 42.5 Å². The Kier molecular flexibility index (Phi) is 5.13. The van der Waals surface area contributed by atoms with Crippen molar-refractivity contribution in [3.05, 3.63) is 72.3 Å². The van der Waals surface area contributed by atoms with Crippen molar-refractivity contribution >= 4 is 45.8 Å². The van der Waals surface area contributed by atoms with E-state index < -0.39 is 10.9 Å². The highest BCUT2D eigenvalue weighted by atomic mass is 127. The minimum Gasteiger partial charge on any atom is -0.457 e. The first-order valence-corrected chi connectivity index (χ1v) is 7.28. The van der Waals surface area contributed by atoms with Crippen LogP contribution in [-0.2, 0) is 11.3 Å². The molecule has 0 heterocycles. The van der Waals surface area contributed by atoms with Crippen LogP contribution >= 0.6 is 34.2 Å². The molecule has 5 nitrogen and oxygen atoms in total. The zero-order valence-electron chi connectivity index (χ0n) is 10.6. The third-order valence-corrected chi connectivity index (χ3v) is 3.82. The van der Waals surface area contributed by atoms with Crippen molar-refractivity contribution in [1.29, 1.82) is 0 Å². The number of rotatable bonds is 4. The van der Waals surface area contributed by atoms with E-state index in [1.54, 1.807) is 24.3 Å². The second-order valence-electron chi connectivity index (χ2n) is 4.13. The van der Waals surface area contributed by atoms with Crippen molar-refractivity contribution in [3.63, 3.8) is 0 Å². The summed E-state index contributed by atoms with van der Waals surface area (Å²) in [6.07, 6.45) is 0. The molecular formula is C14H9ClINO4. The molecular weight excluding hydrogens is 409 g/mol. The Hall–Kier alpha value is -1.67. The minimum atomic E-state index is -0.608. The average Bonchev–Trinajstić information content (AvgIpc) is 2.45. The van der Waals surface area contributed by atoms with E-state index in [2.05, 4.69) is 0 Å². The van der Waals surface area contributed by atoms with Gasteiger partial charge in [-0.05, 0) is 46.4 Å². The van der Waals surface area contributed by atoms with Crippen LogP contribution in [0.25, 0.3) is 0 Å². The highest BCUT2D eigenvalue weighted by Gasteiger charge is 2.16. The number of hydrogen-bond acceptors (Lipinski definition) is 4. The molecule has 0 aromatic heterocycles. The quantitative estimate of drug-likeness (QED) is 0.323. The molecule has 0 atom stereocenters. The van der Waals surface area contributed by atoms with Crippen molar-refractivity contribution in [2.75, 3.05) is 0 Å². The molecule has 0 saturated carbocycles. The number of hydrogen-bond donors (Lipinski definition) is 0. The second kappa shape index (κ2) is 6.86. The molecule has 21 heavy (non-hydrogen) atoms. The van der Waals surface area contributed by atoms with Crippen LogP contribution in [0.2, 0.25) is 5.02 Å². The zero-order chi connectivity index (χ0) is 15.4. The molecule has 2 aromatic carbocycles. The van der Waals surface area contributed by atoms with Gasteiger partial charge in [0, 0.05) is 20.7 Å². The minimum absolute atomic E-state index is 0.0537. The molecule has 2 rings (SSSR count). The van der Waals surface area contributed by atoms with Gasteiger partial charge in [0.25, 0.3) is 5.69 Å². The lowest BCUT2D eigenvalue weighted by molar-refractivity contribution is -0.384. The van der Waals surface area contributed by atoms with E-state index >= 15 is 0 Å². The molecule has 0 aliphatic heterocycles. The first-order valence-electron chi connectivity index (χ1n) is 5.83. The lowest BCUT2D eigenvalue weighted by Crippen LogP contribution is -2.08. The monoisotopic (exact) mass is 417 g/mol. The molecule has 0 unspecified atom stereocenters. The van der Waals surface area contributed by atoms with Crippen molar-refractivity contribution in [2.45, 2.75) is 6.61 Å². The number of esters is 1. The number of carbonyl (C=O) groups excluding carboxylic acids is 1. The Labute approximate surface area is 139 Å². The van der Waals surface area contributed by atoms with Crippen LogP contribution in [0.5, 0.6) is 0 Å². The molecule has 0 radical (unpaired) electrons. The third kappa shape index (κ3) is 4.15. The smallest absolute Gasteiger partial charge is 0.339 e. The van der Waals surface area contributed by atoms with Gasteiger partial charge in [-0.3, -0.25) is 10.1 Å². The van der Waals surface area contributed by atoms with Gasteiger partial charge in [0.15, 0.2) is 0 Å². The Morgan fingerprint density at radius 1 is 1.29 bits per heavy atom. The summed E-state index contributed by atoms with van der Waals surface area (Å²) in [7, 11) is 0. The van der Waals surface area contributed by atoms with Gasteiger partial charge < -0.3 is 4.74 Å². The fourth-order valence-electron chi connectivity index (χ4n) is 1.64. The summed E-state index contributed by atoms with van der Waals surface area (Å²) in [5.41, 5.74) is 0.772. The molecule has 0 fully saturated rings. The van der Waals surface area contributed by atoms with Crippen molar-refractivity contribution < 1.29 is 14.5 Å². The van der Waals surface area contributed by atoms with Gasteiger partial charge in [0.2, 0.25) is 0 Å². The summed E-state index contributed by atoms with van der Waals surface area (Å²) in [5.74, 6) is -0.608. The molecule has 2 aromatic rings. The number of carbonyl (C=O) groups is 1. The van der Waals surface area contributed by atoms with Gasteiger partial charge in [-0.25, -0.2) is 4.79 Å².